The van der Waals surface area contributed by atoms with Crippen LogP contribution in [0.2, 0.25) is 0 Å². The summed E-state index contributed by atoms with van der Waals surface area (Å²) in [5.41, 5.74) is 0.826. The smallest absolute Gasteiger partial charge is 0.171 e. The summed E-state index contributed by atoms with van der Waals surface area (Å²) in [6, 6.07) is 3.94. The predicted octanol–water partition coefficient (Wildman–Crippen LogP) is 2.93. The molecule has 0 aliphatic rings. The number of thioether (sulfide) groups is 1. The summed E-state index contributed by atoms with van der Waals surface area (Å²) >= 11 is 3.17. The monoisotopic (exact) mass is 194 g/mol. The quantitative estimate of drug-likeness (QED) is 0.687. The van der Waals surface area contributed by atoms with Crippen LogP contribution in [0, 0.1) is 0 Å². The van der Waals surface area contributed by atoms with Gasteiger partial charge in [0.2, 0.25) is 0 Å². The molecule has 0 aliphatic carbocycles. The van der Waals surface area contributed by atoms with E-state index in [1.807, 2.05) is 12.1 Å². The number of nitrogens with zero attached hydrogens (tertiary/aromatic N) is 2. The van der Waals surface area contributed by atoms with Gasteiger partial charge in [0.05, 0.1) is 4.70 Å². The van der Waals surface area contributed by atoms with Crippen LogP contribution in [0.15, 0.2) is 34.7 Å². The molecule has 2 rings (SSSR count). The molecule has 0 N–H and O–H groups in total. The fourth-order valence-electron chi connectivity index (χ4n) is 0.871. The summed E-state index contributed by atoms with van der Waals surface area (Å²) in [6.45, 7) is 3.64. The van der Waals surface area contributed by atoms with E-state index in [1.54, 1.807) is 22.9 Å². The lowest BCUT2D eigenvalue weighted by Crippen LogP contribution is -1.71. The molecule has 0 saturated carbocycles. The second kappa shape index (κ2) is 3.25. The zero-order valence-corrected chi connectivity index (χ0v) is 7.86. The van der Waals surface area contributed by atoms with Crippen LogP contribution in [0.4, 0.5) is 0 Å². The molecule has 2 aromatic rings. The Labute approximate surface area is 78.4 Å². The van der Waals surface area contributed by atoms with E-state index in [0.717, 1.165) is 14.7 Å². The molecule has 0 spiro atoms. The standard InChI is InChI=1S/C8H6N2S2/c1-2-11-8-10-7-6(12-8)4-3-5-9-7/h2-5H,1H2. The van der Waals surface area contributed by atoms with Crippen LogP contribution in [0.25, 0.3) is 10.3 Å². The molecule has 0 unspecified atom stereocenters. The molecule has 0 saturated heterocycles. The Hall–Kier alpha value is -0.870. The molecule has 0 radical (unpaired) electrons. The second-order valence-electron chi connectivity index (χ2n) is 2.09. The van der Waals surface area contributed by atoms with E-state index in [1.165, 1.54) is 11.8 Å². The summed E-state index contributed by atoms with van der Waals surface area (Å²) in [4.78, 5) is 8.44. The van der Waals surface area contributed by atoms with Crippen molar-refractivity contribution in [3.63, 3.8) is 0 Å². The van der Waals surface area contributed by atoms with Gasteiger partial charge in [0, 0.05) is 6.20 Å². The van der Waals surface area contributed by atoms with Gasteiger partial charge in [-0.15, -0.1) is 11.3 Å². The van der Waals surface area contributed by atoms with Crippen LogP contribution in [-0.4, -0.2) is 9.97 Å². The largest absolute Gasteiger partial charge is 0.236 e. The van der Waals surface area contributed by atoms with Gasteiger partial charge in [-0.3, -0.25) is 0 Å². The lowest BCUT2D eigenvalue weighted by molar-refractivity contribution is 1.24. The minimum Gasteiger partial charge on any atom is -0.236 e. The fourth-order valence-corrected chi connectivity index (χ4v) is 2.48. The molecule has 0 atom stereocenters. The summed E-state index contributed by atoms with van der Waals surface area (Å²) in [6.07, 6.45) is 1.75. The Morgan fingerprint density at radius 3 is 3.25 bits per heavy atom. The SMILES string of the molecule is C=CSc1nc2ncccc2s1. The van der Waals surface area contributed by atoms with E-state index in [-0.39, 0.29) is 0 Å². The minimum absolute atomic E-state index is 0.826. The summed E-state index contributed by atoms with van der Waals surface area (Å²) in [5.74, 6) is 0. The zero-order chi connectivity index (χ0) is 8.39. The normalized spacial score (nSPS) is 10.3. The van der Waals surface area contributed by atoms with Crippen LogP contribution in [-0.2, 0) is 0 Å². The molecule has 2 nitrogen and oxygen atoms in total. The van der Waals surface area contributed by atoms with Gasteiger partial charge in [0.25, 0.3) is 0 Å². The van der Waals surface area contributed by atoms with E-state index in [4.69, 9.17) is 0 Å². The van der Waals surface area contributed by atoms with Gasteiger partial charge in [-0.1, -0.05) is 18.3 Å². The molecule has 0 aromatic carbocycles. The number of pyridine rings is 1. The van der Waals surface area contributed by atoms with Gasteiger partial charge in [0.15, 0.2) is 9.99 Å². The first-order valence-electron chi connectivity index (χ1n) is 3.39. The van der Waals surface area contributed by atoms with E-state index >= 15 is 0 Å². The fraction of sp³-hybridized carbons (Fsp3) is 0. The number of rotatable bonds is 2. The second-order valence-corrected chi connectivity index (χ2v) is 4.33. The first-order chi connectivity index (χ1) is 5.90. The molecule has 2 heterocycles. The zero-order valence-electron chi connectivity index (χ0n) is 6.23. The van der Waals surface area contributed by atoms with Crippen LogP contribution >= 0.6 is 23.1 Å². The van der Waals surface area contributed by atoms with E-state index in [2.05, 4.69) is 16.5 Å². The predicted molar refractivity (Wildman–Crippen MR) is 53.5 cm³/mol. The van der Waals surface area contributed by atoms with Crippen molar-refractivity contribution in [2.75, 3.05) is 0 Å². The van der Waals surface area contributed by atoms with Crippen LogP contribution in [0.5, 0.6) is 0 Å². The van der Waals surface area contributed by atoms with Crippen molar-refractivity contribution in [3.05, 3.63) is 30.3 Å². The Balaban J connectivity index is 2.54. The van der Waals surface area contributed by atoms with Gasteiger partial charge in [0.1, 0.15) is 0 Å². The summed E-state index contributed by atoms with van der Waals surface area (Å²) in [5, 5.41) is 1.78. The lowest BCUT2D eigenvalue weighted by atomic mass is 10.5. The van der Waals surface area contributed by atoms with Crippen molar-refractivity contribution in [2.45, 2.75) is 4.34 Å². The average molecular weight is 194 g/mol. The average Bonchev–Trinajstić information content (AvgIpc) is 2.47. The molecule has 12 heavy (non-hydrogen) atoms. The van der Waals surface area contributed by atoms with Crippen molar-refractivity contribution in [2.24, 2.45) is 0 Å². The highest BCUT2D eigenvalue weighted by Gasteiger charge is 2.01. The molecule has 4 heteroatoms. The maximum atomic E-state index is 4.30. The van der Waals surface area contributed by atoms with Crippen LogP contribution in [0.1, 0.15) is 0 Å². The maximum Gasteiger partial charge on any atom is 0.171 e. The topological polar surface area (TPSA) is 25.8 Å². The van der Waals surface area contributed by atoms with E-state index in [0.29, 0.717) is 0 Å². The third-order valence-corrected chi connectivity index (χ3v) is 3.13. The molecule has 2 aromatic heterocycles. The van der Waals surface area contributed by atoms with Crippen molar-refractivity contribution >= 4 is 33.4 Å². The maximum absolute atomic E-state index is 4.30. The number of fused-ring (bicyclic) bond motifs is 1. The first kappa shape index (κ1) is 7.76. The Morgan fingerprint density at radius 1 is 1.58 bits per heavy atom. The van der Waals surface area contributed by atoms with Gasteiger partial charge >= 0.3 is 0 Å². The number of thiazole rings is 1. The highest BCUT2D eigenvalue weighted by Crippen LogP contribution is 2.28. The highest BCUT2D eigenvalue weighted by atomic mass is 32.2. The molecule has 0 bridgehead atoms. The molecule has 0 aliphatic heterocycles. The van der Waals surface area contributed by atoms with Gasteiger partial charge in [-0.25, -0.2) is 9.97 Å². The Bertz CT molecular complexity index is 375. The van der Waals surface area contributed by atoms with Crippen LogP contribution in [0.3, 0.4) is 0 Å². The Kier molecular flexibility index (Phi) is 2.10. The molecular formula is C8H6N2S2. The third-order valence-electron chi connectivity index (χ3n) is 1.33. The van der Waals surface area contributed by atoms with Crippen molar-refractivity contribution < 1.29 is 0 Å². The van der Waals surface area contributed by atoms with E-state index in [9.17, 15) is 0 Å². The minimum atomic E-state index is 0.826. The Morgan fingerprint density at radius 2 is 2.50 bits per heavy atom. The number of hydrogen-bond acceptors (Lipinski definition) is 4. The van der Waals surface area contributed by atoms with Crippen molar-refractivity contribution in [3.8, 4) is 0 Å². The lowest BCUT2D eigenvalue weighted by Gasteiger charge is -1.80. The number of hydrogen-bond donors (Lipinski definition) is 0. The number of aromatic nitrogens is 2. The van der Waals surface area contributed by atoms with Gasteiger partial charge in [-0.2, -0.15) is 0 Å². The van der Waals surface area contributed by atoms with Gasteiger partial charge < -0.3 is 0 Å². The molecule has 60 valence electrons. The van der Waals surface area contributed by atoms with Crippen LogP contribution < -0.4 is 0 Å². The molecule has 0 amide bonds. The highest BCUT2D eigenvalue weighted by molar-refractivity contribution is 8.03. The summed E-state index contributed by atoms with van der Waals surface area (Å²) in [7, 11) is 0. The molecular weight excluding hydrogens is 188 g/mol. The summed E-state index contributed by atoms with van der Waals surface area (Å²) < 4.78 is 2.13. The van der Waals surface area contributed by atoms with E-state index < -0.39 is 0 Å². The van der Waals surface area contributed by atoms with Crippen molar-refractivity contribution in [1.82, 2.24) is 9.97 Å². The van der Waals surface area contributed by atoms with Crippen molar-refractivity contribution in [1.29, 1.82) is 0 Å². The van der Waals surface area contributed by atoms with Gasteiger partial charge in [-0.05, 0) is 17.5 Å². The third kappa shape index (κ3) is 1.35. The first-order valence-corrected chi connectivity index (χ1v) is 5.09. The molecule has 0 fully saturated rings.